The van der Waals surface area contributed by atoms with Crippen LogP contribution in [0.25, 0.3) is 0 Å². The van der Waals surface area contributed by atoms with Gasteiger partial charge in [0.1, 0.15) is 11.9 Å². The summed E-state index contributed by atoms with van der Waals surface area (Å²) in [6.07, 6.45) is -0.0872. The highest BCUT2D eigenvalue weighted by Gasteiger charge is 2.26. The van der Waals surface area contributed by atoms with Crippen LogP contribution in [0.3, 0.4) is 0 Å². The number of hydrogen-bond donors (Lipinski definition) is 1. The molecule has 1 amide bonds. The maximum atomic E-state index is 13.0. The first kappa shape index (κ1) is 15.8. The first-order valence-electron chi connectivity index (χ1n) is 7.46. The maximum Gasteiger partial charge on any atom is 0.251 e. The molecule has 1 heterocycles. The van der Waals surface area contributed by atoms with E-state index in [1.807, 2.05) is 13.8 Å². The fourth-order valence-corrected chi connectivity index (χ4v) is 2.52. The Hall–Kier alpha value is -1.62. The molecule has 0 saturated carbocycles. The summed E-state index contributed by atoms with van der Waals surface area (Å²) in [6, 6.07) is 6.42. The number of carbonyl (C=O) groups excluding carboxylic acids is 1. The molecule has 1 aromatic carbocycles. The molecule has 116 valence electrons. The van der Waals surface area contributed by atoms with Crippen LogP contribution in [0.15, 0.2) is 24.3 Å². The highest BCUT2D eigenvalue weighted by molar-refractivity contribution is 5.81. The molecule has 0 aromatic heterocycles. The van der Waals surface area contributed by atoms with Gasteiger partial charge in [-0.3, -0.25) is 4.79 Å². The minimum atomic E-state index is -0.928. The molecule has 1 aromatic rings. The summed E-state index contributed by atoms with van der Waals surface area (Å²) >= 11 is 0. The lowest BCUT2D eigenvalue weighted by Crippen LogP contribution is -2.43. The van der Waals surface area contributed by atoms with Gasteiger partial charge in [0.25, 0.3) is 5.91 Å². The lowest BCUT2D eigenvalue weighted by Gasteiger charge is -2.26. The van der Waals surface area contributed by atoms with Gasteiger partial charge in [-0.1, -0.05) is 13.8 Å². The van der Waals surface area contributed by atoms with Crippen LogP contribution in [-0.2, 0) is 4.79 Å². The van der Waals surface area contributed by atoms with E-state index in [2.05, 4.69) is 4.90 Å². The van der Waals surface area contributed by atoms with Crippen molar-refractivity contribution in [2.75, 3.05) is 31.1 Å². The molecule has 1 atom stereocenters. The van der Waals surface area contributed by atoms with Crippen LogP contribution >= 0.6 is 0 Å². The summed E-state index contributed by atoms with van der Waals surface area (Å²) in [7, 11) is 0. The van der Waals surface area contributed by atoms with Gasteiger partial charge in [0.15, 0.2) is 0 Å². The fourth-order valence-electron chi connectivity index (χ4n) is 2.52. The van der Waals surface area contributed by atoms with Gasteiger partial charge in [-0.15, -0.1) is 0 Å². The molecule has 0 radical (unpaired) electrons. The molecule has 5 heteroatoms. The summed E-state index contributed by atoms with van der Waals surface area (Å²) in [6.45, 7) is 6.44. The minimum Gasteiger partial charge on any atom is -0.383 e. The summed E-state index contributed by atoms with van der Waals surface area (Å²) in [5.41, 5.74) is 0.968. The number of rotatable bonds is 3. The molecule has 1 aliphatic rings. The molecule has 0 aliphatic carbocycles. The van der Waals surface area contributed by atoms with E-state index in [1.54, 1.807) is 17.0 Å². The van der Waals surface area contributed by atoms with Crippen molar-refractivity contribution in [2.45, 2.75) is 26.4 Å². The van der Waals surface area contributed by atoms with Crippen LogP contribution in [0.1, 0.15) is 20.3 Å². The molecule has 0 bridgehead atoms. The van der Waals surface area contributed by atoms with Crippen molar-refractivity contribution >= 4 is 11.6 Å². The third kappa shape index (κ3) is 3.94. The maximum absolute atomic E-state index is 13.0. The van der Waals surface area contributed by atoms with Crippen molar-refractivity contribution in [3.63, 3.8) is 0 Å². The highest BCUT2D eigenvalue weighted by atomic mass is 19.1. The lowest BCUT2D eigenvalue weighted by atomic mass is 10.1. The fraction of sp³-hybridized carbons (Fsp3) is 0.562. The second-order valence-corrected chi connectivity index (χ2v) is 5.83. The van der Waals surface area contributed by atoms with E-state index in [9.17, 15) is 14.3 Å². The van der Waals surface area contributed by atoms with Gasteiger partial charge in [-0.2, -0.15) is 0 Å². The number of aliphatic hydroxyl groups excluding tert-OH is 1. The van der Waals surface area contributed by atoms with Crippen molar-refractivity contribution in [1.29, 1.82) is 0 Å². The van der Waals surface area contributed by atoms with Crippen molar-refractivity contribution in [3.8, 4) is 0 Å². The predicted molar refractivity (Wildman–Crippen MR) is 80.7 cm³/mol. The van der Waals surface area contributed by atoms with Gasteiger partial charge < -0.3 is 14.9 Å². The summed E-state index contributed by atoms with van der Waals surface area (Å²) in [5, 5.41) is 9.91. The molecule has 1 unspecified atom stereocenters. The van der Waals surface area contributed by atoms with Gasteiger partial charge >= 0.3 is 0 Å². The van der Waals surface area contributed by atoms with Crippen LogP contribution in [-0.4, -0.2) is 48.2 Å². The lowest BCUT2D eigenvalue weighted by molar-refractivity contribution is -0.142. The Bertz CT molecular complexity index is 476. The number of hydrogen-bond acceptors (Lipinski definition) is 3. The normalized spacial score (nSPS) is 17.8. The van der Waals surface area contributed by atoms with E-state index < -0.39 is 6.10 Å². The average molecular weight is 294 g/mol. The molecular weight excluding hydrogens is 271 g/mol. The van der Waals surface area contributed by atoms with E-state index in [0.717, 1.165) is 18.7 Å². The van der Waals surface area contributed by atoms with Gasteiger partial charge in [0.2, 0.25) is 0 Å². The number of carbonyl (C=O) groups is 1. The van der Waals surface area contributed by atoms with Crippen LogP contribution < -0.4 is 4.90 Å². The summed E-state index contributed by atoms with van der Waals surface area (Å²) in [4.78, 5) is 16.1. The van der Waals surface area contributed by atoms with Gasteiger partial charge in [0, 0.05) is 31.9 Å². The molecule has 1 N–H and O–H groups in total. The Labute approximate surface area is 125 Å². The number of amides is 1. The number of benzene rings is 1. The first-order chi connectivity index (χ1) is 9.99. The summed E-state index contributed by atoms with van der Waals surface area (Å²) < 4.78 is 13.0. The molecule has 1 aliphatic heterocycles. The van der Waals surface area contributed by atoms with Crippen molar-refractivity contribution in [2.24, 2.45) is 5.92 Å². The molecule has 0 spiro atoms. The molecule has 1 fully saturated rings. The third-order valence-electron chi connectivity index (χ3n) is 3.88. The minimum absolute atomic E-state index is 0.0750. The second-order valence-electron chi connectivity index (χ2n) is 5.83. The zero-order valence-corrected chi connectivity index (χ0v) is 12.6. The van der Waals surface area contributed by atoms with E-state index in [4.69, 9.17) is 0 Å². The highest BCUT2D eigenvalue weighted by Crippen LogP contribution is 2.18. The number of anilines is 1. The number of aliphatic hydroxyl groups is 1. The average Bonchev–Trinajstić information content (AvgIpc) is 2.72. The van der Waals surface area contributed by atoms with Crippen LogP contribution in [0, 0.1) is 11.7 Å². The van der Waals surface area contributed by atoms with Crippen LogP contribution in [0.2, 0.25) is 0 Å². The largest absolute Gasteiger partial charge is 0.383 e. The third-order valence-corrected chi connectivity index (χ3v) is 3.88. The first-order valence-corrected chi connectivity index (χ1v) is 7.46. The zero-order valence-electron chi connectivity index (χ0n) is 12.6. The molecule has 1 saturated heterocycles. The number of halogens is 1. The van der Waals surface area contributed by atoms with Crippen molar-refractivity contribution < 1.29 is 14.3 Å². The van der Waals surface area contributed by atoms with Gasteiger partial charge in [-0.05, 0) is 36.6 Å². The van der Waals surface area contributed by atoms with Gasteiger partial charge in [-0.25, -0.2) is 4.39 Å². The standard InChI is InChI=1S/C16H23FN2O2/c1-12(2)15(20)16(21)19-9-3-8-18(10-11-19)14-6-4-13(17)5-7-14/h4-7,12,15,20H,3,8-11H2,1-2H3. The summed E-state index contributed by atoms with van der Waals surface area (Å²) in [5.74, 6) is -0.509. The number of nitrogens with zero attached hydrogens (tertiary/aromatic N) is 2. The zero-order chi connectivity index (χ0) is 15.4. The van der Waals surface area contributed by atoms with Gasteiger partial charge in [0.05, 0.1) is 0 Å². The van der Waals surface area contributed by atoms with E-state index in [-0.39, 0.29) is 17.6 Å². The van der Waals surface area contributed by atoms with E-state index in [1.165, 1.54) is 12.1 Å². The molecule has 2 rings (SSSR count). The Morgan fingerprint density at radius 3 is 2.43 bits per heavy atom. The molecular formula is C16H23FN2O2. The Morgan fingerprint density at radius 1 is 1.14 bits per heavy atom. The quantitative estimate of drug-likeness (QED) is 0.926. The molecule has 21 heavy (non-hydrogen) atoms. The molecule has 4 nitrogen and oxygen atoms in total. The smallest absolute Gasteiger partial charge is 0.251 e. The van der Waals surface area contributed by atoms with Crippen LogP contribution in [0.5, 0.6) is 0 Å². The Morgan fingerprint density at radius 2 is 1.81 bits per heavy atom. The SMILES string of the molecule is CC(C)C(O)C(=O)N1CCCN(c2ccc(F)cc2)CC1. The van der Waals surface area contributed by atoms with Crippen molar-refractivity contribution in [3.05, 3.63) is 30.1 Å². The van der Waals surface area contributed by atoms with E-state index in [0.29, 0.717) is 19.6 Å². The Kier molecular flexibility index (Phi) is 5.17. The van der Waals surface area contributed by atoms with E-state index >= 15 is 0 Å². The second kappa shape index (κ2) is 6.89. The Balaban J connectivity index is 1.99. The monoisotopic (exact) mass is 294 g/mol. The topological polar surface area (TPSA) is 43.8 Å². The van der Waals surface area contributed by atoms with Crippen molar-refractivity contribution in [1.82, 2.24) is 4.90 Å². The van der Waals surface area contributed by atoms with Crippen LogP contribution in [0.4, 0.5) is 10.1 Å². The predicted octanol–water partition coefficient (Wildman–Crippen LogP) is 1.88.